The van der Waals surface area contributed by atoms with Crippen LogP contribution >= 0.6 is 11.3 Å². The number of rotatable bonds is 5. The SMILES string of the molecule is COc1cc(C=C(C#N)c2nc(=O)c3ccccc3s2)cc(OC)c1OC. The average molecular weight is 380 g/mol. The maximum atomic E-state index is 12.3. The highest BCUT2D eigenvalue weighted by molar-refractivity contribution is 7.19. The van der Waals surface area contributed by atoms with E-state index in [4.69, 9.17) is 14.2 Å². The van der Waals surface area contributed by atoms with Gasteiger partial charge in [0.15, 0.2) is 11.5 Å². The second-order valence-corrected chi connectivity index (χ2v) is 6.48. The second-order valence-electron chi connectivity index (χ2n) is 5.45. The number of aromatic nitrogens is 1. The first-order chi connectivity index (χ1) is 13.1. The standard InChI is InChI=1S/C20H16N2O4S/c1-24-15-9-12(10-16(25-2)18(15)26-3)8-13(11-21)20-22-19(23)14-6-4-5-7-17(14)27-20/h4-10H,1-3H3. The van der Waals surface area contributed by atoms with Crippen molar-refractivity contribution in [2.45, 2.75) is 0 Å². The van der Waals surface area contributed by atoms with Gasteiger partial charge in [0.25, 0.3) is 5.56 Å². The highest BCUT2D eigenvalue weighted by Crippen LogP contribution is 2.39. The van der Waals surface area contributed by atoms with Gasteiger partial charge in [0.2, 0.25) is 5.75 Å². The summed E-state index contributed by atoms with van der Waals surface area (Å²) in [6.07, 6.45) is 1.64. The van der Waals surface area contributed by atoms with Crippen LogP contribution in [0.4, 0.5) is 0 Å². The third-order valence-corrected chi connectivity index (χ3v) is 4.96. The van der Waals surface area contributed by atoms with Crippen LogP contribution < -0.4 is 19.8 Å². The molecule has 0 radical (unpaired) electrons. The molecule has 3 rings (SSSR count). The first-order valence-corrected chi connectivity index (χ1v) is 8.75. The molecule has 1 aromatic heterocycles. The molecule has 0 aliphatic rings. The molecule has 3 aromatic rings. The monoisotopic (exact) mass is 380 g/mol. The van der Waals surface area contributed by atoms with Gasteiger partial charge in [0.1, 0.15) is 11.1 Å². The van der Waals surface area contributed by atoms with E-state index in [1.807, 2.05) is 12.1 Å². The Morgan fingerprint density at radius 2 is 1.78 bits per heavy atom. The molecule has 0 aliphatic heterocycles. The number of fused-ring (bicyclic) bond motifs is 1. The van der Waals surface area contributed by atoms with Crippen LogP contribution in [0.1, 0.15) is 10.6 Å². The minimum Gasteiger partial charge on any atom is -0.493 e. The molecule has 0 bridgehead atoms. The molecule has 0 unspecified atom stereocenters. The van der Waals surface area contributed by atoms with Gasteiger partial charge in [-0.2, -0.15) is 10.2 Å². The summed E-state index contributed by atoms with van der Waals surface area (Å²) in [5, 5.41) is 10.5. The predicted molar refractivity (Wildman–Crippen MR) is 105 cm³/mol. The van der Waals surface area contributed by atoms with Crippen LogP contribution in [0.25, 0.3) is 21.7 Å². The van der Waals surface area contributed by atoms with Gasteiger partial charge in [0.05, 0.1) is 32.3 Å². The fraction of sp³-hybridized carbons (Fsp3) is 0.150. The van der Waals surface area contributed by atoms with E-state index in [1.165, 1.54) is 32.7 Å². The van der Waals surface area contributed by atoms with Crippen molar-refractivity contribution in [1.29, 1.82) is 5.26 Å². The van der Waals surface area contributed by atoms with Crippen molar-refractivity contribution >= 4 is 33.1 Å². The normalized spacial score (nSPS) is 11.1. The van der Waals surface area contributed by atoms with Crippen molar-refractivity contribution in [2.24, 2.45) is 0 Å². The lowest BCUT2D eigenvalue weighted by Gasteiger charge is -2.13. The van der Waals surface area contributed by atoms with Crippen LogP contribution in [0.3, 0.4) is 0 Å². The zero-order valence-corrected chi connectivity index (χ0v) is 15.8. The Morgan fingerprint density at radius 1 is 1.11 bits per heavy atom. The molecule has 0 N–H and O–H groups in total. The smallest absolute Gasteiger partial charge is 0.279 e. The van der Waals surface area contributed by atoms with Crippen molar-refractivity contribution < 1.29 is 14.2 Å². The number of methoxy groups -OCH3 is 3. The molecule has 27 heavy (non-hydrogen) atoms. The van der Waals surface area contributed by atoms with Crippen LogP contribution in [-0.4, -0.2) is 26.3 Å². The van der Waals surface area contributed by atoms with E-state index in [0.717, 1.165) is 4.70 Å². The summed E-state index contributed by atoms with van der Waals surface area (Å²) in [7, 11) is 4.56. The summed E-state index contributed by atoms with van der Waals surface area (Å²) in [5.41, 5.74) is 0.582. The van der Waals surface area contributed by atoms with Gasteiger partial charge >= 0.3 is 0 Å². The van der Waals surface area contributed by atoms with Crippen LogP contribution in [0, 0.1) is 11.3 Å². The second kappa shape index (κ2) is 7.89. The van der Waals surface area contributed by atoms with Gasteiger partial charge in [-0.25, -0.2) is 0 Å². The molecule has 0 saturated heterocycles. The molecule has 0 saturated carbocycles. The average Bonchev–Trinajstić information content (AvgIpc) is 2.71. The minimum atomic E-state index is -0.356. The largest absolute Gasteiger partial charge is 0.493 e. The van der Waals surface area contributed by atoms with Crippen molar-refractivity contribution in [3.8, 4) is 23.3 Å². The van der Waals surface area contributed by atoms with E-state index in [-0.39, 0.29) is 11.1 Å². The number of ether oxygens (including phenoxy) is 3. The Labute approximate surface area is 159 Å². The summed E-state index contributed by atoms with van der Waals surface area (Å²) < 4.78 is 16.8. The summed E-state index contributed by atoms with van der Waals surface area (Å²) in [5.74, 6) is 1.41. The van der Waals surface area contributed by atoms with E-state index in [1.54, 1.807) is 30.3 Å². The number of hydrogen-bond acceptors (Lipinski definition) is 7. The quantitative estimate of drug-likeness (QED) is 0.627. The number of benzene rings is 2. The molecule has 6 nitrogen and oxygen atoms in total. The molecule has 0 fully saturated rings. The first kappa shape index (κ1) is 18.4. The number of allylic oxidation sites excluding steroid dienone is 1. The topological polar surface area (TPSA) is 81.4 Å². The highest BCUT2D eigenvalue weighted by Gasteiger charge is 2.14. The Balaban J connectivity index is 2.15. The highest BCUT2D eigenvalue weighted by atomic mass is 32.1. The maximum Gasteiger partial charge on any atom is 0.279 e. The maximum absolute atomic E-state index is 12.3. The third kappa shape index (κ3) is 3.61. The Hall–Kier alpha value is -3.37. The summed E-state index contributed by atoms with van der Waals surface area (Å²) in [6, 6.07) is 12.8. The lowest BCUT2D eigenvalue weighted by Crippen LogP contribution is -2.07. The van der Waals surface area contributed by atoms with E-state index in [2.05, 4.69) is 11.1 Å². The number of hydrogen-bond donors (Lipinski definition) is 0. The molecule has 0 spiro atoms. The van der Waals surface area contributed by atoms with Crippen molar-refractivity contribution in [2.75, 3.05) is 21.3 Å². The van der Waals surface area contributed by atoms with Gasteiger partial charge in [-0.05, 0) is 35.9 Å². The van der Waals surface area contributed by atoms with E-state index < -0.39 is 0 Å². The molecular formula is C20H16N2O4S. The molecule has 1 heterocycles. The molecule has 2 aromatic carbocycles. The Bertz CT molecular complexity index is 1100. The van der Waals surface area contributed by atoms with Crippen molar-refractivity contribution in [3.05, 3.63) is 57.3 Å². The zero-order chi connectivity index (χ0) is 19.4. The van der Waals surface area contributed by atoms with E-state index in [9.17, 15) is 10.1 Å². The van der Waals surface area contributed by atoms with E-state index >= 15 is 0 Å². The van der Waals surface area contributed by atoms with Crippen molar-refractivity contribution in [1.82, 2.24) is 4.98 Å². The van der Waals surface area contributed by atoms with Gasteiger partial charge in [0, 0.05) is 4.70 Å². The summed E-state index contributed by atoms with van der Waals surface area (Å²) in [4.78, 5) is 16.3. The van der Waals surface area contributed by atoms with Gasteiger partial charge in [-0.15, -0.1) is 11.3 Å². The lowest BCUT2D eigenvalue weighted by molar-refractivity contribution is 0.324. The lowest BCUT2D eigenvalue weighted by atomic mass is 10.1. The fourth-order valence-corrected chi connectivity index (χ4v) is 3.58. The van der Waals surface area contributed by atoms with Gasteiger partial charge in [-0.3, -0.25) is 4.79 Å². The molecular weight excluding hydrogens is 364 g/mol. The Kier molecular flexibility index (Phi) is 5.38. The Morgan fingerprint density at radius 3 is 2.37 bits per heavy atom. The van der Waals surface area contributed by atoms with Gasteiger partial charge in [-0.1, -0.05) is 12.1 Å². The first-order valence-electron chi connectivity index (χ1n) is 7.93. The summed E-state index contributed by atoms with van der Waals surface area (Å²) in [6.45, 7) is 0. The summed E-state index contributed by atoms with van der Waals surface area (Å²) >= 11 is 1.29. The van der Waals surface area contributed by atoms with E-state index in [0.29, 0.717) is 33.2 Å². The fourth-order valence-electron chi connectivity index (χ4n) is 2.62. The molecule has 7 heteroatoms. The minimum absolute atomic E-state index is 0.275. The van der Waals surface area contributed by atoms with Crippen LogP contribution in [0.2, 0.25) is 0 Å². The van der Waals surface area contributed by atoms with Crippen LogP contribution in [-0.2, 0) is 0 Å². The predicted octanol–water partition coefficient (Wildman–Crippen LogP) is 3.75. The molecule has 136 valence electrons. The van der Waals surface area contributed by atoms with Gasteiger partial charge < -0.3 is 14.2 Å². The van der Waals surface area contributed by atoms with Crippen molar-refractivity contribution in [3.63, 3.8) is 0 Å². The molecule has 0 atom stereocenters. The third-order valence-electron chi connectivity index (χ3n) is 3.88. The number of nitriles is 1. The zero-order valence-electron chi connectivity index (χ0n) is 15.0. The molecule has 0 amide bonds. The molecule has 0 aliphatic carbocycles. The van der Waals surface area contributed by atoms with Crippen LogP contribution in [0.15, 0.2) is 41.2 Å². The number of nitrogens with zero attached hydrogens (tertiary/aromatic N) is 2. The van der Waals surface area contributed by atoms with Crippen LogP contribution in [0.5, 0.6) is 17.2 Å².